The molecule has 0 unspecified atom stereocenters. The van der Waals surface area contributed by atoms with Gasteiger partial charge in [-0.2, -0.15) is 0 Å². The first-order chi connectivity index (χ1) is 13.0. The van der Waals surface area contributed by atoms with Crippen molar-refractivity contribution in [3.8, 4) is 0 Å². The van der Waals surface area contributed by atoms with E-state index in [1.165, 1.54) is 12.1 Å². The molecule has 0 aliphatic carbocycles. The first-order valence-electron chi connectivity index (χ1n) is 8.80. The number of esters is 1. The average Bonchev–Trinajstić information content (AvgIpc) is 2.67. The van der Waals surface area contributed by atoms with Gasteiger partial charge in [-0.15, -0.1) is 0 Å². The molecule has 0 atom stereocenters. The summed E-state index contributed by atoms with van der Waals surface area (Å²) in [4.78, 5) is 34.4. The standard InChI is InChI=1S/C20H22N2O5/c1-2-27-19(23)11-7-6-10-16-14-17(22(25)26)12-13-18(16)21-20(24)15-8-4-3-5-9-15/h3-5,8-9,12-14H,2,6-7,10-11H2,1H3,(H,21,24). The van der Waals surface area contributed by atoms with Gasteiger partial charge in [0.15, 0.2) is 0 Å². The molecule has 1 amide bonds. The summed E-state index contributed by atoms with van der Waals surface area (Å²) in [7, 11) is 0. The van der Waals surface area contributed by atoms with Crippen LogP contribution in [0.5, 0.6) is 0 Å². The quantitative estimate of drug-likeness (QED) is 0.310. The SMILES string of the molecule is CCOC(=O)CCCCc1cc([N+](=O)[O-])ccc1NC(=O)c1ccccc1. The topological polar surface area (TPSA) is 98.5 Å². The maximum Gasteiger partial charge on any atom is 0.305 e. The van der Waals surface area contributed by atoms with Crippen molar-refractivity contribution in [1.82, 2.24) is 0 Å². The number of rotatable bonds is 9. The lowest BCUT2D eigenvalue weighted by Gasteiger charge is -2.11. The van der Waals surface area contributed by atoms with Crippen molar-refractivity contribution >= 4 is 23.3 Å². The second-order valence-electron chi connectivity index (χ2n) is 5.93. The highest BCUT2D eigenvalue weighted by atomic mass is 16.6. The Hall–Kier alpha value is -3.22. The molecular weight excluding hydrogens is 348 g/mol. The van der Waals surface area contributed by atoms with Gasteiger partial charge in [0, 0.05) is 29.8 Å². The molecule has 0 spiro atoms. The summed E-state index contributed by atoms with van der Waals surface area (Å²) in [5.74, 6) is -0.536. The van der Waals surface area contributed by atoms with Gasteiger partial charge in [0.2, 0.25) is 0 Å². The van der Waals surface area contributed by atoms with Gasteiger partial charge < -0.3 is 10.1 Å². The van der Waals surface area contributed by atoms with Crippen molar-refractivity contribution in [3.05, 3.63) is 69.8 Å². The van der Waals surface area contributed by atoms with Crippen LogP contribution in [0.4, 0.5) is 11.4 Å². The number of amides is 1. The summed E-state index contributed by atoms with van der Waals surface area (Å²) < 4.78 is 4.88. The Labute approximate surface area is 157 Å². The zero-order valence-electron chi connectivity index (χ0n) is 15.1. The fourth-order valence-electron chi connectivity index (χ4n) is 2.62. The number of nitrogens with one attached hydrogen (secondary N) is 1. The van der Waals surface area contributed by atoms with E-state index >= 15 is 0 Å². The predicted molar refractivity (Wildman–Crippen MR) is 102 cm³/mol. The molecule has 0 aromatic heterocycles. The molecule has 7 nitrogen and oxygen atoms in total. The third-order valence-electron chi connectivity index (χ3n) is 3.97. The number of nitro groups is 1. The third kappa shape index (κ3) is 6.22. The lowest BCUT2D eigenvalue weighted by molar-refractivity contribution is -0.384. The van der Waals surface area contributed by atoms with Crippen LogP contribution in [0.15, 0.2) is 48.5 Å². The molecule has 0 saturated heterocycles. The Balaban J connectivity index is 2.08. The highest BCUT2D eigenvalue weighted by Crippen LogP contribution is 2.24. The summed E-state index contributed by atoms with van der Waals surface area (Å²) in [6, 6.07) is 13.1. The minimum Gasteiger partial charge on any atom is -0.466 e. The second-order valence-corrected chi connectivity index (χ2v) is 5.93. The number of nitrogens with zero attached hydrogens (tertiary/aromatic N) is 1. The van der Waals surface area contributed by atoms with Gasteiger partial charge >= 0.3 is 5.97 Å². The summed E-state index contributed by atoms with van der Waals surface area (Å²) in [5, 5.41) is 13.9. The van der Waals surface area contributed by atoms with E-state index in [9.17, 15) is 19.7 Å². The van der Waals surface area contributed by atoms with Crippen LogP contribution in [0, 0.1) is 10.1 Å². The van der Waals surface area contributed by atoms with Gasteiger partial charge in [-0.25, -0.2) is 0 Å². The Kier molecular flexibility index (Phi) is 7.49. The largest absolute Gasteiger partial charge is 0.466 e. The number of aryl methyl sites for hydroxylation is 1. The number of carbonyl (C=O) groups is 2. The minimum absolute atomic E-state index is 0.0342. The van der Waals surface area contributed by atoms with Crippen LogP contribution >= 0.6 is 0 Å². The number of benzene rings is 2. The zero-order chi connectivity index (χ0) is 19.6. The molecule has 0 aliphatic rings. The minimum atomic E-state index is -0.467. The van der Waals surface area contributed by atoms with E-state index in [1.54, 1.807) is 37.3 Å². The van der Waals surface area contributed by atoms with Gasteiger partial charge in [0.25, 0.3) is 11.6 Å². The van der Waals surface area contributed by atoms with Crippen LogP contribution in [0.25, 0.3) is 0 Å². The van der Waals surface area contributed by atoms with Gasteiger partial charge in [-0.05, 0) is 49.9 Å². The van der Waals surface area contributed by atoms with E-state index in [2.05, 4.69) is 5.32 Å². The maximum atomic E-state index is 12.4. The number of ether oxygens (including phenoxy) is 1. The number of non-ortho nitro benzene ring substituents is 1. The van der Waals surface area contributed by atoms with Crippen LogP contribution in [-0.2, 0) is 16.0 Å². The van der Waals surface area contributed by atoms with Gasteiger partial charge in [0.1, 0.15) is 0 Å². The van der Waals surface area contributed by atoms with Crippen LogP contribution < -0.4 is 5.32 Å². The van der Waals surface area contributed by atoms with E-state index in [0.717, 1.165) is 0 Å². The molecular formula is C20H22N2O5. The maximum absolute atomic E-state index is 12.4. The van der Waals surface area contributed by atoms with Crippen molar-refractivity contribution in [1.29, 1.82) is 0 Å². The van der Waals surface area contributed by atoms with Gasteiger partial charge in [-0.3, -0.25) is 19.7 Å². The lowest BCUT2D eigenvalue weighted by Crippen LogP contribution is -2.13. The van der Waals surface area contributed by atoms with E-state index in [-0.39, 0.29) is 17.6 Å². The first-order valence-corrected chi connectivity index (χ1v) is 8.80. The molecule has 7 heteroatoms. The van der Waals surface area contributed by atoms with Gasteiger partial charge in [-0.1, -0.05) is 18.2 Å². The second kappa shape index (κ2) is 10.1. The molecule has 27 heavy (non-hydrogen) atoms. The fourth-order valence-corrected chi connectivity index (χ4v) is 2.62. The summed E-state index contributed by atoms with van der Waals surface area (Å²) in [6.45, 7) is 2.10. The summed E-state index contributed by atoms with van der Waals surface area (Å²) >= 11 is 0. The number of hydrogen-bond acceptors (Lipinski definition) is 5. The summed E-state index contributed by atoms with van der Waals surface area (Å²) in [6.07, 6.45) is 2.06. The highest BCUT2D eigenvalue weighted by Gasteiger charge is 2.14. The highest BCUT2D eigenvalue weighted by molar-refractivity contribution is 6.04. The van der Waals surface area contributed by atoms with Crippen LogP contribution in [-0.4, -0.2) is 23.4 Å². The van der Waals surface area contributed by atoms with Crippen molar-refractivity contribution < 1.29 is 19.2 Å². The van der Waals surface area contributed by atoms with E-state index in [1.807, 2.05) is 6.07 Å². The Bertz CT molecular complexity index is 805. The zero-order valence-corrected chi connectivity index (χ0v) is 15.1. The molecule has 0 bridgehead atoms. The predicted octanol–water partition coefficient (Wildman–Crippen LogP) is 4.12. The normalized spacial score (nSPS) is 10.3. The molecule has 0 heterocycles. The Morgan fingerprint density at radius 1 is 1.11 bits per heavy atom. The monoisotopic (exact) mass is 370 g/mol. The molecule has 2 rings (SSSR count). The average molecular weight is 370 g/mol. The fraction of sp³-hybridized carbons (Fsp3) is 0.300. The van der Waals surface area contributed by atoms with Crippen molar-refractivity contribution in [2.45, 2.75) is 32.6 Å². The molecule has 142 valence electrons. The Morgan fingerprint density at radius 3 is 2.52 bits per heavy atom. The number of hydrogen-bond donors (Lipinski definition) is 1. The number of anilines is 1. The van der Waals surface area contributed by atoms with Crippen LogP contribution in [0.1, 0.15) is 42.1 Å². The summed E-state index contributed by atoms with van der Waals surface area (Å²) in [5.41, 5.74) is 1.67. The van der Waals surface area contributed by atoms with E-state index in [4.69, 9.17) is 4.74 Å². The van der Waals surface area contributed by atoms with Crippen molar-refractivity contribution in [3.63, 3.8) is 0 Å². The molecule has 0 saturated carbocycles. The van der Waals surface area contributed by atoms with Crippen molar-refractivity contribution in [2.75, 3.05) is 11.9 Å². The molecule has 0 radical (unpaired) electrons. The van der Waals surface area contributed by atoms with E-state index < -0.39 is 4.92 Å². The third-order valence-corrected chi connectivity index (χ3v) is 3.97. The lowest BCUT2D eigenvalue weighted by atomic mass is 10.0. The molecule has 1 N–H and O–H groups in total. The molecule has 2 aromatic carbocycles. The van der Waals surface area contributed by atoms with Crippen molar-refractivity contribution in [2.24, 2.45) is 0 Å². The molecule has 0 fully saturated rings. The van der Waals surface area contributed by atoms with E-state index in [0.29, 0.717) is 49.1 Å². The number of unbranched alkanes of at least 4 members (excludes halogenated alkanes) is 1. The first kappa shape index (κ1) is 20.1. The van der Waals surface area contributed by atoms with Gasteiger partial charge in [0.05, 0.1) is 11.5 Å². The molecule has 0 aliphatic heterocycles. The Morgan fingerprint density at radius 2 is 1.85 bits per heavy atom. The number of nitro benzene ring substituents is 1. The van der Waals surface area contributed by atoms with Crippen LogP contribution in [0.3, 0.4) is 0 Å². The molecule has 2 aromatic rings. The number of carbonyl (C=O) groups excluding carboxylic acids is 2. The smallest absolute Gasteiger partial charge is 0.305 e. The van der Waals surface area contributed by atoms with Crippen LogP contribution in [0.2, 0.25) is 0 Å².